The number of halogens is 4. The molecular formula is C26H23F4NO5. The van der Waals surface area contributed by atoms with Crippen molar-refractivity contribution >= 4 is 17.2 Å². The summed E-state index contributed by atoms with van der Waals surface area (Å²) in [6.45, 7) is 1.81. The first-order valence-electron chi connectivity index (χ1n) is 10.6. The lowest BCUT2D eigenvalue weighted by Crippen LogP contribution is -2.16. The van der Waals surface area contributed by atoms with Gasteiger partial charge in [-0.25, -0.2) is 9.18 Å². The normalized spacial score (nSPS) is 12.5. The summed E-state index contributed by atoms with van der Waals surface area (Å²) in [5, 5.41) is 3.15. The van der Waals surface area contributed by atoms with E-state index in [0.29, 0.717) is 22.7 Å². The SMILES string of the molecule is COC(=O)C(=CC(C)Nc1ccc(F)c(OC)c1)c1ccc(Oc2ccc(OC(F)(F)F)cc2)cc1. The zero-order valence-electron chi connectivity index (χ0n) is 19.6. The van der Waals surface area contributed by atoms with Gasteiger partial charge in [0.15, 0.2) is 11.6 Å². The summed E-state index contributed by atoms with van der Waals surface area (Å²) < 4.78 is 69.9. The van der Waals surface area contributed by atoms with Gasteiger partial charge < -0.3 is 24.3 Å². The van der Waals surface area contributed by atoms with Crippen molar-refractivity contribution in [1.82, 2.24) is 0 Å². The van der Waals surface area contributed by atoms with Crippen LogP contribution in [0.3, 0.4) is 0 Å². The highest BCUT2D eigenvalue weighted by atomic mass is 19.4. The fourth-order valence-corrected chi connectivity index (χ4v) is 3.24. The van der Waals surface area contributed by atoms with Gasteiger partial charge in [-0.1, -0.05) is 12.1 Å². The third kappa shape index (κ3) is 7.39. The molecule has 1 N–H and O–H groups in total. The summed E-state index contributed by atoms with van der Waals surface area (Å²) in [7, 11) is 2.63. The van der Waals surface area contributed by atoms with Crippen LogP contribution in [0.15, 0.2) is 72.8 Å². The van der Waals surface area contributed by atoms with Gasteiger partial charge >= 0.3 is 12.3 Å². The van der Waals surface area contributed by atoms with Crippen molar-refractivity contribution in [2.24, 2.45) is 0 Å². The van der Waals surface area contributed by atoms with Crippen LogP contribution >= 0.6 is 0 Å². The second-order valence-electron chi connectivity index (χ2n) is 7.50. The Labute approximate surface area is 205 Å². The molecule has 36 heavy (non-hydrogen) atoms. The maximum Gasteiger partial charge on any atom is 0.573 e. The predicted octanol–water partition coefficient (Wildman–Crippen LogP) is 6.58. The van der Waals surface area contributed by atoms with E-state index in [0.717, 1.165) is 12.1 Å². The molecule has 0 aliphatic rings. The molecule has 0 amide bonds. The standard InChI is InChI=1S/C26H23F4NO5/c1-16(31-18-6-13-23(27)24(15-18)33-2)14-22(25(32)34-3)17-4-7-19(8-5-17)35-20-9-11-21(12-10-20)36-26(28,29)30/h4-16,31H,1-3H3. The molecule has 0 bridgehead atoms. The number of carbonyl (C=O) groups is 1. The van der Waals surface area contributed by atoms with Gasteiger partial charge in [0.1, 0.15) is 17.2 Å². The largest absolute Gasteiger partial charge is 0.573 e. The molecule has 0 fully saturated rings. The number of methoxy groups -OCH3 is 2. The third-order valence-electron chi connectivity index (χ3n) is 4.83. The quantitative estimate of drug-likeness (QED) is 0.201. The second-order valence-corrected chi connectivity index (χ2v) is 7.50. The van der Waals surface area contributed by atoms with Crippen molar-refractivity contribution in [1.29, 1.82) is 0 Å². The zero-order valence-corrected chi connectivity index (χ0v) is 19.6. The first kappa shape index (κ1) is 26.4. The summed E-state index contributed by atoms with van der Waals surface area (Å²) in [4.78, 5) is 12.4. The van der Waals surface area contributed by atoms with E-state index in [-0.39, 0.29) is 23.1 Å². The van der Waals surface area contributed by atoms with E-state index in [1.165, 1.54) is 38.5 Å². The Morgan fingerprint density at radius 1 is 0.917 bits per heavy atom. The monoisotopic (exact) mass is 505 g/mol. The lowest BCUT2D eigenvalue weighted by atomic mass is 10.0. The molecule has 1 unspecified atom stereocenters. The van der Waals surface area contributed by atoms with E-state index in [2.05, 4.69) is 10.1 Å². The van der Waals surface area contributed by atoms with Crippen LogP contribution < -0.4 is 19.5 Å². The average Bonchev–Trinajstić information content (AvgIpc) is 2.84. The minimum absolute atomic E-state index is 0.0856. The van der Waals surface area contributed by atoms with Gasteiger partial charge in [0.25, 0.3) is 0 Å². The summed E-state index contributed by atoms with van der Waals surface area (Å²) >= 11 is 0. The molecule has 0 spiro atoms. The van der Waals surface area contributed by atoms with Crippen LogP contribution in [0, 0.1) is 5.82 Å². The summed E-state index contributed by atoms with van der Waals surface area (Å²) in [5.74, 6) is -0.628. The molecule has 3 rings (SSSR count). The van der Waals surface area contributed by atoms with Crippen LogP contribution in [0.5, 0.6) is 23.0 Å². The van der Waals surface area contributed by atoms with Crippen LogP contribution in [-0.4, -0.2) is 32.6 Å². The van der Waals surface area contributed by atoms with E-state index in [9.17, 15) is 22.4 Å². The van der Waals surface area contributed by atoms with Crippen LogP contribution in [0.2, 0.25) is 0 Å². The van der Waals surface area contributed by atoms with E-state index >= 15 is 0 Å². The number of benzene rings is 3. The fraction of sp³-hybridized carbons (Fsp3) is 0.192. The highest BCUT2D eigenvalue weighted by molar-refractivity contribution is 6.16. The van der Waals surface area contributed by atoms with Crippen molar-refractivity contribution in [2.75, 3.05) is 19.5 Å². The molecular weight excluding hydrogens is 482 g/mol. The third-order valence-corrected chi connectivity index (χ3v) is 4.83. The highest BCUT2D eigenvalue weighted by Crippen LogP contribution is 2.29. The van der Waals surface area contributed by atoms with Gasteiger partial charge in [-0.15, -0.1) is 13.2 Å². The Morgan fingerprint density at radius 2 is 1.50 bits per heavy atom. The molecule has 0 radical (unpaired) electrons. The molecule has 6 nitrogen and oxygen atoms in total. The van der Waals surface area contributed by atoms with E-state index < -0.39 is 18.1 Å². The zero-order chi connectivity index (χ0) is 26.3. The molecule has 0 heterocycles. The first-order valence-corrected chi connectivity index (χ1v) is 10.6. The first-order chi connectivity index (χ1) is 17.1. The van der Waals surface area contributed by atoms with E-state index in [1.807, 2.05) is 6.92 Å². The number of ether oxygens (including phenoxy) is 4. The van der Waals surface area contributed by atoms with Crippen molar-refractivity contribution in [3.8, 4) is 23.0 Å². The van der Waals surface area contributed by atoms with E-state index in [4.69, 9.17) is 14.2 Å². The minimum Gasteiger partial charge on any atom is -0.494 e. The van der Waals surface area contributed by atoms with Gasteiger partial charge in [0, 0.05) is 17.8 Å². The van der Waals surface area contributed by atoms with Gasteiger partial charge in [0.05, 0.1) is 19.8 Å². The number of rotatable bonds is 9. The van der Waals surface area contributed by atoms with Crippen molar-refractivity contribution in [2.45, 2.75) is 19.3 Å². The van der Waals surface area contributed by atoms with Gasteiger partial charge in [-0.2, -0.15) is 0 Å². The molecule has 10 heteroatoms. The summed E-state index contributed by atoms with van der Waals surface area (Å²) in [6.07, 6.45) is -3.11. The molecule has 0 aliphatic carbocycles. The molecule has 190 valence electrons. The average molecular weight is 505 g/mol. The number of nitrogens with one attached hydrogen (secondary N) is 1. The number of anilines is 1. The Balaban J connectivity index is 1.73. The predicted molar refractivity (Wildman–Crippen MR) is 126 cm³/mol. The van der Waals surface area contributed by atoms with Gasteiger partial charge in [-0.3, -0.25) is 0 Å². The summed E-state index contributed by atoms with van der Waals surface area (Å²) in [6, 6.07) is 15.4. The van der Waals surface area contributed by atoms with Crippen molar-refractivity contribution in [3.63, 3.8) is 0 Å². The molecule has 0 saturated carbocycles. The number of hydrogen-bond donors (Lipinski definition) is 1. The topological polar surface area (TPSA) is 66.0 Å². The summed E-state index contributed by atoms with van der Waals surface area (Å²) in [5.41, 5.74) is 1.43. The van der Waals surface area contributed by atoms with Gasteiger partial charge in [-0.05, 0) is 67.1 Å². The van der Waals surface area contributed by atoms with Crippen LogP contribution in [0.1, 0.15) is 12.5 Å². The minimum atomic E-state index is -4.78. The number of hydrogen-bond acceptors (Lipinski definition) is 6. The lowest BCUT2D eigenvalue weighted by Gasteiger charge is -2.15. The highest BCUT2D eigenvalue weighted by Gasteiger charge is 2.31. The lowest BCUT2D eigenvalue weighted by molar-refractivity contribution is -0.274. The second kappa shape index (κ2) is 11.5. The van der Waals surface area contributed by atoms with Crippen LogP contribution in [-0.2, 0) is 9.53 Å². The molecule has 3 aromatic carbocycles. The smallest absolute Gasteiger partial charge is 0.494 e. The maximum absolute atomic E-state index is 13.7. The molecule has 1 atom stereocenters. The number of carbonyl (C=O) groups excluding carboxylic acids is 1. The van der Waals surface area contributed by atoms with Crippen LogP contribution in [0.25, 0.3) is 5.57 Å². The number of alkyl halides is 3. The maximum atomic E-state index is 13.7. The molecule has 3 aromatic rings. The van der Waals surface area contributed by atoms with E-state index in [1.54, 1.807) is 36.4 Å². The fourth-order valence-electron chi connectivity index (χ4n) is 3.24. The van der Waals surface area contributed by atoms with Crippen molar-refractivity contribution < 1.29 is 41.3 Å². The Hall–Kier alpha value is -4.21. The van der Waals surface area contributed by atoms with Crippen molar-refractivity contribution in [3.05, 3.63) is 84.2 Å². The molecule has 0 aliphatic heterocycles. The van der Waals surface area contributed by atoms with Crippen LogP contribution in [0.4, 0.5) is 23.2 Å². The molecule has 0 aromatic heterocycles. The Morgan fingerprint density at radius 3 is 2.06 bits per heavy atom. The van der Waals surface area contributed by atoms with Gasteiger partial charge in [0.2, 0.25) is 0 Å². The Bertz CT molecular complexity index is 1210. The molecule has 0 saturated heterocycles. The number of esters is 1. The Kier molecular flexibility index (Phi) is 8.42.